The number of amides is 1. The molecule has 1 aromatic heterocycles. The van der Waals surface area contributed by atoms with Crippen LogP contribution in [0.1, 0.15) is 27.4 Å². The molecule has 0 aliphatic carbocycles. The van der Waals surface area contributed by atoms with Crippen LogP contribution in [-0.2, 0) is 19.5 Å². The highest BCUT2D eigenvalue weighted by Gasteiger charge is 2.20. The number of fused-ring (bicyclic) bond motifs is 1. The molecule has 2 N–H and O–H groups in total. The molecule has 8 heteroatoms. The molecule has 6 nitrogen and oxygen atoms in total. The number of rotatable bonds is 5. The molecular weight excluding hydrogens is 318 g/mol. The van der Waals surface area contributed by atoms with Crippen molar-refractivity contribution in [1.29, 1.82) is 0 Å². The van der Waals surface area contributed by atoms with Gasteiger partial charge in [-0.2, -0.15) is 8.78 Å². The minimum Gasteiger partial charge on any atom is -0.435 e. The van der Waals surface area contributed by atoms with Crippen molar-refractivity contribution in [2.75, 3.05) is 6.54 Å². The Labute approximate surface area is 137 Å². The van der Waals surface area contributed by atoms with Crippen molar-refractivity contribution in [3.8, 4) is 5.75 Å². The average molecular weight is 333 g/mol. The van der Waals surface area contributed by atoms with Gasteiger partial charge in [0.25, 0.3) is 5.91 Å². The molecule has 1 aliphatic rings. The molecule has 3 rings (SSSR count). The molecule has 0 saturated heterocycles. The number of halogens is 2. The van der Waals surface area contributed by atoms with Crippen LogP contribution in [0, 0.1) is 6.20 Å². The van der Waals surface area contributed by atoms with Crippen molar-refractivity contribution >= 4 is 5.91 Å². The number of benzene rings is 1. The number of ether oxygens (including phenoxy) is 1. The minimum absolute atomic E-state index is 0.0379. The zero-order valence-corrected chi connectivity index (χ0v) is 12.7. The Morgan fingerprint density at radius 1 is 1.38 bits per heavy atom. The fourth-order valence-corrected chi connectivity index (χ4v) is 2.58. The number of primary amides is 1. The van der Waals surface area contributed by atoms with Crippen LogP contribution in [0.4, 0.5) is 8.78 Å². The Bertz CT molecular complexity index is 737. The Kier molecular flexibility index (Phi) is 4.66. The van der Waals surface area contributed by atoms with Crippen LogP contribution < -0.4 is 10.5 Å². The molecule has 0 saturated carbocycles. The van der Waals surface area contributed by atoms with Crippen molar-refractivity contribution in [2.45, 2.75) is 26.1 Å². The lowest BCUT2D eigenvalue weighted by molar-refractivity contribution is -0.0498. The first kappa shape index (κ1) is 16.3. The highest BCUT2D eigenvalue weighted by Crippen LogP contribution is 2.20. The lowest BCUT2D eigenvalue weighted by Gasteiger charge is -2.27. The minimum atomic E-state index is -2.83. The fourth-order valence-electron chi connectivity index (χ4n) is 2.58. The van der Waals surface area contributed by atoms with Crippen LogP contribution in [0.2, 0.25) is 0 Å². The Balaban J connectivity index is 1.67. The number of carbonyl (C=O) groups is 1. The molecule has 1 radical (unpaired) electrons. The van der Waals surface area contributed by atoms with Gasteiger partial charge >= 0.3 is 6.61 Å². The van der Waals surface area contributed by atoms with Gasteiger partial charge in [-0.3, -0.25) is 9.69 Å². The molecule has 0 fully saturated rings. The highest BCUT2D eigenvalue weighted by atomic mass is 19.3. The molecule has 1 amide bonds. The van der Waals surface area contributed by atoms with E-state index in [1.54, 1.807) is 12.1 Å². The number of carbonyl (C=O) groups excluding carboxylic acids is 1. The molecule has 24 heavy (non-hydrogen) atoms. The molecule has 125 valence electrons. The topological polar surface area (TPSA) is 81.3 Å². The lowest BCUT2D eigenvalue weighted by atomic mass is 10.1. The lowest BCUT2D eigenvalue weighted by Crippen LogP contribution is -2.32. The Morgan fingerprint density at radius 2 is 2.12 bits per heavy atom. The quantitative estimate of drug-likeness (QED) is 0.897. The maximum atomic E-state index is 12.1. The second-order valence-electron chi connectivity index (χ2n) is 5.43. The van der Waals surface area contributed by atoms with E-state index in [9.17, 15) is 13.6 Å². The summed E-state index contributed by atoms with van der Waals surface area (Å²) in [7, 11) is 0. The third-order valence-electron chi connectivity index (χ3n) is 3.71. The SMILES string of the molecule is NC(=O)c1n[c]c2c(n1)CN(Cc1ccc(OC(F)F)cc1)CC2. The van der Waals surface area contributed by atoms with Gasteiger partial charge in [0.1, 0.15) is 5.75 Å². The van der Waals surface area contributed by atoms with Crippen LogP contribution in [0.3, 0.4) is 0 Å². The van der Waals surface area contributed by atoms with Gasteiger partial charge < -0.3 is 10.5 Å². The average Bonchev–Trinajstić information content (AvgIpc) is 2.55. The van der Waals surface area contributed by atoms with Gasteiger partial charge in [0.2, 0.25) is 5.82 Å². The van der Waals surface area contributed by atoms with Crippen LogP contribution in [-0.4, -0.2) is 33.9 Å². The van der Waals surface area contributed by atoms with E-state index in [0.29, 0.717) is 13.1 Å². The van der Waals surface area contributed by atoms with E-state index in [2.05, 4.69) is 25.8 Å². The van der Waals surface area contributed by atoms with E-state index < -0.39 is 12.5 Å². The van der Waals surface area contributed by atoms with Crippen molar-refractivity contribution in [3.63, 3.8) is 0 Å². The summed E-state index contributed by atoms with van der Waals surface area (Å²) in [5.74, 6) is -0.587. The summed E-state index contributed by atoms with van der Waals surface area (Å²) in [6, 6.07) is 6.52. The standard InChI is InChI=1S/C16H15F2N4O2/c17-16(18)24-12-3-1-10(2-4-12)8-22-6-5-11-7-20-15(14(19)23)21-13(11)9-22/h1-4,16H,5-6,8-9H2,(H2,19,23). The van der Waals surface area contributed by atoms with E-state index in [1.807, 2.05) is 0 Å². The number of nitrogens with zero attached hydrogens (tertiary/aromatic N) is 3. The van der Waals surface area contributed by atoms with Gasteiger partial charge in [0, 0.05) is 25.2 Å². The van der Waals surface area contributed by atoms with Gasteiger partial charge in [-0.1, -0.05) is 12.1 Å². The van der Waals surface area contributed by atoms with Crippen molar-refractivity contribution < 1.29 is 18.3 Å². The largest absolute Gasteiger partial charge is 0.435 e. The maximum absolute atomic E-state index is 12.1. The first-order valence-electron chi connectivity index (χ1n) is 7.34. The second kappa shape index (κ2) is 6.88. The summed E-state index contributed by atoms with van der Waals surface area (Å²) in [5, 5.41) is 0. The van der Waals surface area contributed by atoms with E-state index in [0.717, 1.165) is 29.8 Å². The Morgan fingerprint density at radius 3 is 2.79 bits per heavy atom. The number of nitrogens with two attached hydrogens (primary N) is 1. The number of alkyl halides is 2. The summed E-state index contributed by atoms with van der Waals surface area (Å²) < 4.78 is 28.6. The summed E-state index contributed by atoms with van der Waals surface area (Å²) >= 11 is 0. The second-order valence-corrected chi connectivity index (χ2v) is 5.43. The smallest absolute Gasteiger partial charge is 0.387 e. The van der Waals surface area contributed by atoms with E-state index >= 15 is 0 Å². The zero-order chi connectivity index (χ0) is 17.1. The first-order valence-corrected chi connectivity index (χ1v) is 7.34. The van der Waals surface area contributed by atoms with Gasteiger partial charge in [-0.25, -0.2) is 9.97 Å². The monoisotopic (exact) mass is 333 g/mol. The summed E-state index contributed by atoms with van der Waals surface area (Å²) in [4.78, 5) is 21.3. The molecule has 1 aliphatic heterocycles. The summed E-state index contributed by atoms with van der Waals surface area (Å²) in [5.41, 5.74) is 7.78. The molecule has 0 spiro atoms. The van der Waals surface area contributed by atoms with Crippen LogP contribution in [0.15, 0.2) is 24.3 Å². The predicted molar refractivity (Wildman–Crippen MR) is 80.3 cm³/mol. The van der Waals surface area contributed by atoms with Crippen molar-refractivity contribution in [1.82, 2.24) is 14.9 Å². The third kappa shape index (κ3) is 3.83. The Hall–Kier alpha value is -2.61. The van der Waals surface area contributed by atoms with Crippen LogP contribution in [0.5, 0.6) is 5.75 Å². The van der Waals surface area contributed by atoms with Crippen LogP contribution in [0.25, 0.3) is 0 Å². The predicted octanol–water partition coefficient (Wildman–Crippen LogP) is 1.54. The number of hydrogen-bond acceptors (Lipinski definition) is 5. The maximum Gasteiger partial charge on any atom is 0.387 e. The molecule has 0 bridgehead atoms. The van der Waals surface area contributed by atoms with Gasteiger partial charge in [0.15, 0.2) is 0 Å². The molecule has 2 aromatic rings. The van der Waals surface area contributed by atoms with Gasteiger partial charge in [0.05, 0.1) is 11.9 Å². The highest BCUT2D eigenvalue weighted by molar-refractivity contribution is 5.88. The van der Waals surface area contributed by atoms with Crippen LogP contribution >= 0.6 is 0 Å². The molecule has 0 atom stereocenters. The number of aromatic nitrogens is 2. The van der Waals surface area contributed by atoms with Crippen molar-refractivity contribution in [2.24, 2.45) is 5.73 Å². The van der Waals surface area contributed by atoms with Gasteiger partial charge in [-0.05, 0) is 24.1 Å². The van der Waals surface area contributed by atoms with E-state index in [-0.39, 0.29) is 11.6 Å². The molecule has 0 unspecified atom stereocenters. The molecular formula is C16H15F2N4O2. The van der Waals surface area contributed by atoms with E-state index in [1.165, 1.54) is 12.1 Å². The van der Waals surface area contributed by atoms with Crippen molar-refractivity contribution in [3.05, 3.63) is 53.1 Å². The van der Waals surface area contributed by atoms with Gasteiger partial charge in [-0.15, -0.1) is 0 Å². The first-order chi connectivity index (χ1) is 11.5. The normalized spacial score (nSPS) is 14.5. The third-order valence-corrected chi connectivity index (χ3v) is 3.71. The summed E-state index contributed by atoms with van der Waals surface area (Å²) in [6.07, 6.45) is 3.54. The molecule has 1 aromatic carbocycles. The summed E-state index contributed by atoms with van der Waals surface area (Å²) in [6.45, 7) is -0.864. The van der Waals surface area contributed by atoms with E-state index in [4.69, 9.17) is 5.73 Å². The fraction of sp³-hybridized carbons (Fsp3) is 0.312. The molecule has 2 heterocycles. The zero-order valence-electron chi connectivity index (χ0n) is 12.7. The number of hydrogen-bond donors (Lipinski definition) is 1.